The number of hydrogen-bond acceptors (Lipinski definition) is 12. The second-order valence-electron chi connectivity index (χ2n) is 38.4. The number of carbonyl (C=O) groups excluding carboxylic acids is 4. The van der Waals surface area contributed by atoms with Gasteiger partial charge < -0.3 is 38.6 Å². The highest BCUT2D eigenvalue weighted by Gasteiger charge is 2.64. The summed E-state index contributed by atoms with van der Waals surface area (Å²) in [5.41, 5.74) is 8.12. The van der Waals surface area contributed by atoms with E-state index in [-0.39, 0.29) is 115 Å². The van der Waals surface area contributed by atoms with Crippen LogP contribution in [0, 0.1) is 119 Å². The van der Waals surface area contributed by atoms with Crippen LogP contribution in [-0.2, 0) is 72.2 Å². The number of carbonyl (C=O) groups is 4. The van der Waals surface area contributed by atoms with Crippen LogP contribution < -0.4 is 18.9 Å². The van der Waals surface area contributed by atoms with Gasteiger partial charge in [-0.25, -0.2) is 4.79 Å². The zero-order valence-electron chi connectivity index (χ0n) is 76.3. The number of ether oxygens (including phenoxy) is 6. The zero-order chi connectivity index (χ0) is 90.6. The minimum Gasteiger partial charge on any atom is -0.488 e. The number of benzene rings is 12. The van der Waals surface area contributed by atoms with Crippen molar-refractivity contribution in [3.8, 4) is 23.0 Å². The van der Waals surface area contributed by atoms with Gasteiger partial charge in [-0.15, -0.1) is 0 Å². The van der Waals surface area contributed by atoms with Gasteiger partial charge in [0.15, 0.2) is 71.6 Å². The van der Waals surface area contributed by atoms with Crippen molar-refractivity contribution in [3.63, 3.8) is 0 Å². The average molecular weight is 1820 g/mol. The molecule has 12 aromatic carbocycles. The van der Waals surface area contributed by atoms with Crippen molar-refractivity contribution in [3.05, 3.63) is 336 Å². The lowest BCUT2D eigenvalue weighted by Crippen LogP contribution is -2.51. The molecule has 16 heteroatoms. The lowest BCUT2D eigenvalue weighted by molar-refractivity contribution is -0.163. The highest BCUT2D eigenvalue weighted by atomic mass is 32.2. The Bertz CT molecular complexity index is 5700. The highest BCUT2D eigenvalue weighted by Crippen LogP contribution is 2.63. The van der Waals surface area contributed by atoms with E-state index in [9.17, 15) is 19.2 Å². The van der Waals surface area contributed by atoms with Crippen LogP contribution in [0.5, 0.6) is 23.0 Å². The number of aryl methyl sites for hydroxylation is 8. The molecule has 1 aliphatic heterocycles. The molecule has 0 aromatic heterocycles. The molecule has 23 rings (SSSR count). The number of rotatable bonds is 24. The largest absolute Gasteiger partial charge is 0.488 e. The highest BCUT2D eigenvalue weighted by molar-refractivity contribution is 7.98. The molecule has 5 atom stereocenters. The third-order valence-electron chi connectivity index (χ3n) is 28.5. The maximum absolute atomic E-state index is 13.6. The van der Waals surface area contributed by atoms with Gasteiger partial charge in [-0.1, -0.05) is 146 Å². The first-order valence-corrected chi connectivity index (χ1v) is 51.7. The Balaban J connectivity index is 0.000000118. The van der Waals surface area contributed by atoms with Gasteiger partial charge in [0, 0.05) is 60.4 Å². The predicted molar refractivity (Wildman–Crippen MR) is 520 cm³/mol. The maximum atomic E-state index is 13.6. The Morgan fingerprint density at radius 1 is 0.351 bits per heavy atom. The van der Waals surface area contributed by atoms with Crippen molar-refractivity contribution >= 4 is 67.5 Å². The topological polar surface area (TPSA) is 164 Å². The summed E-state index contributed by atoms with van der Waals surface area (Å²) in [5.74, 6) is 7.63. The van der Waals surface area contributed by atoms with Gasteiger partial charge in [-0.05, 0) is 328 Å². The third kappa shape index (κ3) is 20.4. The molecule has 10 aliphatic carbocycles. The van der Waals surface area contributed by atoms with Crippen molar-refractivity contribution in [2.75, 3.05) is 13.2 Å². The first kappa shape index (κ1) is 91.0. The normalized spacial score (nSPS) is 23.5. The predicted octanol–water partition coefficient (Wildman–Crippen LogP) is 24.8. The summed E-state index contributed by atoms with van der Waals surface area (Å²) in [4.78, 5) is 66.7. The van der Waals surface area contributed by atoms with Gasteiger partial charge >= 0.3 is 23.9 Å². The Morgan fingerprint density at radius 3 is 0.939 bits per heavy atom. The average Bonchev–Trinajstić information content (AvgIpc) is 1.68. The Morgan fingerprint density at radius 2 is 0.634 bits per heavy atom. The van der Waals surface area contributed by atoms with Gasteiger partial charge in [-0.3, -0.25) is 14.4 Å². The Kier molecular flexibility index (Phi) is 27.8. The number of fused-ring (bicyclic) bond motifs is 1. The molecule has 131 heavy (non-hydrogen) atoms. The van der Waals surface area contributed by atoms with Crippen LogP contribution in [0.4, 0.5) is 0 Å². The fraction of sp³-hybridized carbons (Fsp3) is 0.339. The van der Waals surface area contributed by atoms with Crippen LogP contribution in [0.3, 0.4) is 0 Å². The molecular formula is C115H120O12S4+4. The molecule has 0 radical (unpaired) electrons. The summed E-state index contributed by atoms with van der Waals surface area (Å²) in [6.45, 7) is 16.1. The SMILES string of the molecule is Cc1cc([S+](c2ccccc2)c2ccccc2)cc(C)c1OC(=O)C12CC3CC(CC(C3)C1)C2.Cc1cc([S+](c2ccccc2)c2ccccc2)cc(C)c1OC(=O)CC12CC3CC(CC(C3)C1)C2.Cc1cc([S+](c2ccccc2)c2ccccc2)cc(C)c1OCC(=O)OC1C2CC3C(=O)OC1C3C2.Cc1cc([S+](c2ccccc2)c2ccccc2)cc(C)c1OCC(O)O. The summed E-state index contributed by atoms with van der Waals surface area (Å²) in [6.07, 6.45) is 15.2. The molecule has 1 saturated heterocycles. The second-order valence-corrected chi connectivity index (χ2v) is 46.5. The first-order chi connectivity index (χ1) is 63.5. The van der Waals surface area contributed by atoms with Gasteiger partial charge in [0.05, 0.1) is 61.3 Å². The number of aliphatic hydroxyl groups is 2. The Hall–Kier alpha value is -10.6. The fourth-order valence-electron chi connectivity index (χ4n) is 24.0. The van der Waals surface area contributed by atoms with Crippen LogP contribution in [0.15, 0.2) is 350 Å². The van der Waals surface area contributed by atoms with E-state index in [1.165, 1.54) is 117 Å². The van der Waals surface area contributed by atoms with Gasteiger partial charge in [0.1, 0.15) is 41.8 Å². The van der Waals surface area contributed by atoms with E-state index in [1.807, 2.05) is 52.0 Å². The monoisotopic (exact) mass is 1820 g/mol. The van der Waals surface area contributed by atoms with E-state index < -0.39 is 12.3 Å². The minimum atomic E-state index is -1.48. The molecule has 1 heterocycles. The van der Waals surface area contributed by atoms with Crippen molar-refractivity contribution < 1.29 is 57.8 Å². The zero-order valence-corrected chi connectivity index (χ0v) is 79.5. The summed E-state index contributed by atoms with van der Waals surface area (Å²) in [7, 11) is -0.875. The third-order valence-corrected chi connectivity index (χ3v) is 37.2. The molecule has 11 fully saturated rings. The number of esters is 4. The van der Waals surface area contributed by atoms with E-state index in [2.05, 4.69) is 295 Å². The standard InChI is InChI=1S/C32H35O2S.C31H33O2S.C30H29O5S.C22H23O3S/c1-22-13-29(35(27-9-5-3-6-10-27)28-11-7-4-8-12-28)14-23(2)31(22)34-30(33)21-32-18-24-15-25(19-32)17-26(16-24)20-32;1-21-13-28(34(26-9-5-3-6-10-26)27-11-7-4-8-12-27)14-22(2)29(21)33-30(32)31-18-23-15-24(19-31)17-25(16-23)20-31;1-18-13-23(36(21-9-5-3-6-10-21)22-11-7-4-8-12-22)14-19(2)27(18)33-17-26(31)34-28-20-15-24-25(16-20)30(32)35-29(24)28;1-16-13-20(14-17(2)22(16)25-15-21(23)24)26(18-9-5-3-6-10-18)19-11-7-4-8-12-19/h3-14,24-26H,15-21H2,1-2H3;3-14,23-25H,15-20H2,1-2H3;3-14,20,24-25,28-29H,15-17H2,1-2H3;3-14,21,23-24H,15H2,1-2H3/q4*+1. The fourth-order valence-corrected chi connectivity index (χ4v) is 33.1. The molecule has 12 aromatic rings. The summed E-state index contributed by atoms with van der Waals surface area (Å²) in [5, 5.41) is 18.1. The van der Waals surface area contributed by atoms with Crippen molar-refractivity contribution in [1.82, 2.24) is 0 Å². The van der Waals surface area contributed by atoms with Crippen LogP contribution in [-0.4, -0.2) is 65.8 Å². The molecule has 2 N–H and O–H groups in total. The molecule has 11 aliphatic rings. The van der Waals surface area contributed by atoms with Crippen molar-refractivity contribution in [2.45, 2.75) is 229 Å². The van der Waals surface area contributed by atoms with Crippen LogP contribution in [0.2, 0.25) is 0 Å². The van der Waals surface area contributed by atoms with Crippen LogP contribution in [0.1, 0.15) is 141 Å². The van der Waals surface area contributed by atoms with E-state index in [1.54, 1.807) is 0 Å². The molecule has 5 unspecified atom stereocenters. The molecular weight excluding hydrogens is 1700 g/mol. The summed E-state index contributed by atoms with van der Waals surface area (Å²) in [6, 6.07) is 102. The van der Waals surface area contributed by atoms with Gasteiger partial charge in [0.25, 0.3) is 0 Å². The number of hydrogen-bond donors (Lipinski definition) is 2. The summed E-state index contributed by atoms with van der Waals surface area (Å²) >= 11 is 0. The molecule has 10 saturated carbocycles. The first-order valence-electron chi connectivity index (χ1n) is 46.8. The molecule has 672 valence electrons. The van der Waals surface area contributed by atoms with Crippen LogP contribution >= 0.6 is 0 Å². The number of aliphatic hydroxyl groups excluding tert-OH is 1. The van der Waals surface area contributed by atoms with E-state index in [0.29, 0.717) is 17.9 Å². The Labute approximate surface area is 784 Å². The lowest BCUT2D eigenvalue weighted by Gasteiger charge is -2.56. The second kappa shape index (κ2) is 40.1. The molecule has 0 spiro atoms. The van der Waals surface area contributed by atoms with E-state index >= 15 is 0 Å². The van der Waals surface area contributed by atoms with E-state index in [0.717, 1.165) is 124 Å². The maximum Gasteiger partial charge on any atom is 0.344 e. The molecule has 10 bridgehead atoms. The van der Waals surface area contributed by atoms with Crippen molar-refractivity contribution in [2.24, 2.45) is 64.1 Å². The van der Waals surface area contributed by atoms with Crippen LogP contribution in [0.25, 0.3) is 0 Å². The van der Waals surface area contributed by atoms with Gasteiger partial charge in [0.2, 0.25) is 0 Å². The smallest absolute Gasteiger partial charge is 0.344 e. The lowest BCUT2D eigenvalue weighted by atomic mass is 9.49. The quantitative estimate of drug-likeness (QED) is 0.0255. The van der Waals surface area contributed by atoms with E-state index in [4.69, 9.17) is 38.6 Å². The summed E-state index contributed by atoms with van der Waals surface area (Å²) < 4.78 is 35.2. The molecule has 0 amide bonds. The molecule has 12 nitrogen and oxygen atoms in total. The van der Waals surface area contributed by atoms with Crippen molar-refractivity contribution in [1.29, 1.82) is 0 Å². The van der Waals surface area contributed by atoms with Gasteiger partial charge in [-0.2, -0.15) is 0 Å². The minimum absolute atomic E-state index is 0.00586.